The normalized spacial score (nSPS) is 14.3. The minimum Gasteiger partial charge on any atom is -0.378 e. The van der Waals surface area contributed by atoms with Gasteiger partial charge in [-0.1, -0.05) is 12.1 Å². The van der Waals surface area contributed by atoms with E-state index in [0.717, 1.165) is 37.7 Å². The molecule has 0 spiro atoms. The van der Waals surface area contributed by atoms with E-state index >= 15 is 0 Å². The van der Waals surface area contributed by atoms with E-state index in [9.17, 15) is 0 Å². The highest BCUT2D eigenvalue weighted by Crippen LogP contribution is 2.15. The number of benzene rings is 1. The van der Waals surface area contributed by atoms with Crippen molar-refractivity contribution < 1.29 is 0 Å². The first-order chi connectivity index (χ1) is 11.2. The SMILES string of the molecule is CN(C)c1cccc(CNCc2cnc(N3CCCC3)nc2)c1. The van der Waals surface area contributed by atoms with Crippen molar-refractivity contribution in [2.75, 3.05) is 37.0 Å². The van der Waals surface area contributed by atoms with Crippen LogP contribution in [0.1, 0.15) is 24.0 Å². The Balaban J connectivity index is 1.51. The van der Waals surface area contributed by atoms with Gasteiger partial charge in [0.2, 0.25) is 5.95 Å². The van der Waals surface area contributed by atoms with Crippen LogP contribution in [0.3, 0.4) is 0 Å². The molecule has 0 unspecified atom stereocenters. The molecule has 2 aromatic rings. The molecule has 1 aliphatic rings. The topological polar surface area (TPSA) is 44.3 Å². The summed E-state index contributed by atoms with van der Waals surface area (Å²) in [6, 6.07) is 8.57. The van der Waals surface area contributed by atoms with Crippen LogP contribution in [0.25, 0.3) is 0 Å². The van der Waals surface area contributed by atoms with Gasteiger partial charge < -0.3 is 15.1 Å². The average molecular weight is 311 g/mol. The third-order valence-corrected chi connectivity index (χ3v) is 4.17. The van der Waals surface area contributed by atoms with E-state index in [1.807, 2.05) is 12.4 Å². The van der Waals surface area contributed by atoms with Gasteiger partial charge in [-0.3, -0.25) is 0 Å². The highest BCUT2D eigenvalue weighted by Gasteiger charge is 2.14. The van der Waals surface area contributed by atoms with Gasteiger partial charge in [0.25, 0.3) is 0 Å². The Morgan fingerprint density at radius 3 is 2.43 bits per heavy atom. The quantitative estimate of drug-likeness (QED) is 0.887. The largest absolute Gasteiger partial charge is 0.378 e. The Bertz CT molecular complexity index is 618. The molecule has 5 nitrogen and oxygen atoms in total. The predicted octanol–water partition coefficient (Wildman–Crippen LogP) is 2.43. The lowest BCUT2D eigenvalue weighted by Gasteiger charge is -2.15. The van der Waals surface area contributed by atoms with Crippen LogP contribution in [-0.4, -0.2) is 37.2 Å². The lowest BCUT2D eigenvalue weighted by atomic mass is 10.2. The minimum absolute atomic E-state index is 0.784. The second-order valence-electron chi connectivity index (χ2n) is 6.25. The lowest BCUT2D eigenvalue weighted by Crippen LogP contribution is -2.20. The van der Waals surface area contributed by atoms with Crippen molar-refractivity contribution in [2.24, 2.45) is 0 Å². The summed E-state index contributed by atoms with van der Waals surface area (Å²) in [7, 11) is 4.12. The smallest absolute Gasteiger partial charge is 0.225 e. The lowest BCUT2D eigenvalue weighted by molar-refractivity contribution is 0.688. The summed E-state index contributed by atoms with van der Waals surface area (Å²) in [6.45, 7) is 3.79. The Morgan fingerprint density at radius 2 is 1.74 bits per heavy atom. The molecule has 0 bridgehead atoms. The third-order valence-electron chi connectivity index (χ3n) is 4.17. The van der Waals surface area contributed by atoms with Crippen LogP contribution in [0.5, 0.6) is 0 Å². The fraction of sp³-hybridized carbons (Fsp3) is 0.444. The first-order valence-corrected chi connectivity index (χ1v) is 8.25. The van der Waals surface area contributed by atoms with Gasteiger partial charge in [0, 0.05) is 63.9 Å². The van der Waals surface area contributed by atoms with Crippen LogP contribution in [0, 0.1) is 0 Å². The van der Waals surface area contributed by atoms with Crippen LogP contribution in [0.15, 0.2) is 36.7 Å². The number of hydrogen-bond acceptors (Lipinski definition) is 5. The predicted molar refractivity (Wildman–Crippen MR) is 94.8 cm³/mol. The standard InChI is InChI=1S/C18H25N5/c1-22(2)17-7-5-6-15(10-17)11-19-12-16-13-20-18(21-14-16)23-8-3-4-9-23/h5-7,10,13-14,19H,3-4,8-9,11-12H2,1-2H3. The summed E-state index contributed by atoms with van der Waals surface area (Å²) in [5.74, 6) is 0.866. The molecule has 0 saturated carbocycles. The van der Waals surface area contributed by atoms with Crippen LogP contribution in [0.2, 0.25) is 0 Å². The van der Waals surface area contributed by atoms with Gasteiger partial charge in [0.05, 0.1) is 0 Å². The molecule has 0 amide bonds. The minimum atomic E-state index is 0.784. The fourth-order valence-electron chi connectivity index (χ4n) is 2.82. The highest BCUT2D eigenvalue weighted by molar-refractivity contribution is 5.47. The van der Waals surface area contributed by atoms with E-state index < -0.39 is 0 Å². The monoisotopic (exact) mass is 311 g/mol. The molecule has 1 saturated heterocycles. The van der Waals surface area contributed by atoms with Crippen molar-refractivity contribution >= 4 is 11.6 Å². The van der Waals surface area contributed by atoms with Crippen molar-refractivity contribution in [1.82, 2.24) is 15.3 Å². The molecule has 3 rings (SSSR count). The third kappa shape index (κ3) is 4.20. The Kier molecular flexibility index (Phi) is 5.08. The van der Waals surface area contributed by atoms with E-state index in [-0.39, 0.29) is 0 Å². The molecule has 1 aromatic carbocycles. The maximum atomic E-state index is 4.49. The van der Waals surface area contributed by atoms with Gasteiger partial charge >= 0.3 is 0 Å². The van der Waals surface area contributed by atoms with Gasteiger partial charge in [-0.25, -0.2) is 9.97 Å². The molecular weight excluding hydrogens is 286 g/mol. The van der Waals surface area contributed by atoms with Crippen molar-refractivity contribution in [3.63, 3.8) is 0 Å². The molecule has 0 atom stereocenters. The van der Waals surface area contributed by atoms with E-state index in [0.29, 0.717) is 0 Å². The van der Waals surface area contributed by atoms with Gasteiger partial charge in [0.15, 0.2) is 0 Å². The summed E-state index contributed by atoms with van der Waals surface area (Å²) < 4.78 is 0. The Hall–Kier alpha value is -2.14. The van der Waals surface area contributed by atoms with Crippen LogP contribution in [-0.2, 0) is 13.1 Å². The maximum Gasteiger partial charge on any atom is 0.225 e. The first kappa shape index (κ1) is 15.7. The van der Waals surface area contributed by atoms with Crippen LogP contribution < -0.4 is 15.1 Å². The van der Waals surface area contributed by atoms with E-state index in [2.05, 4.69) is 63.4 Å². The highest BCUT2D eigenvalue weighted by atomic mass is 15.3. The molecule has 2 heterocycles. The molecule has 5 heteroatoms. The number of nitrogens with zero attached hydrogens (tertiary/aromatic N) is 4. The molecule has 1 aliphatic heterocycles. The number of anilines is 2. The second-order valence-corrected chi connectivity index (χ2v) is 6.25. The summed E-state index contributed by atoms with van der Waals surface area (Å²) in [5.41, 5.74) is 3.63. The van der Waals surface area contributed by atoms with Gasteiger partial charge in [0.1, 0.15) is 0 Å². The first-order valence-electron chi connectivity index (χ1n) is 8.25. The summed E-state index contributed by atoms with van der Waals surface area (Å²) in [4.78, 5) is 13.4. The van der Waals surface area contributed by atoms with E-state index in [4.69, 9.17) is 0 Å². The van der Waals surface area contributed by atoms with Gasteiger partial charge in [-0.05, 0) is 30.5 Å². The van der Waals surface area contributed by atoms with Crippen LogP contribution in [0.4, 0.5) is 11.6 Å². The molecule has 23 heavy (non-hydrogen) atoms. The van der Waals surface area contributed by atoms with Crippen molar-refractivity contribution in [3.8, 4) is 0 Å². The Morgan fingerprint density at radius 1 is 1.04 bits per heavy atom. The number of hydrogen-bond donors (Lipinski definition) is 1. The second kappa shape index (κ2) is 7.42. The zero-order chi connectivity index (χ0) is 16.1. The van der Waals surface area contributed by atoms with Crippen molar-refractivity contribution in [1.29, 1.82) is 0 Å². The maximum absolute atomic E-state index is 4.49. The van der Waals surface area contributed by atoms with Crippen LogP contribution >= 0.6 is 0 Å². The average Bonchev–Trinajstić information content (AvgIpc) is 3.10. The molecule has 0 aliphatic carbocycles. The molecule has 1 fully saturated rings. The summed E-state index contributed by atoms with van der Waals surface area (Å²) in [6.07, 6.45) is 6.37. The number of nitrogens with one attached hydrogen (secondary N) is 1. The molecule has 0 radical (unpaired) electrons. The Labute approximate surface area is 138 Å². The van der Waals surface area contributed by atoms with E-state index in [1.165, 1.54) is 24.1 Å². The van der Waals surface area contributed by atoms with E-state index in [1.54, 1.807) is 0 Å². The van der Waals surface area contributed by atoms with Crippen molar-refractivity contribution in [2.45, 2.75) is 25.9 Å². The van der Waals surface area contributed by atoms with Crippen molar-refractivity contribution in [3.05, 3.63) is 47.8 Å². The molecule has 1 aromatic heterocycles. The molecular formula is C18H25N5. The van der Waals surface area contributed by atoms with Gasteiger partial charge in [-0.2, -0.15) is 0 Å². The number of aromatic nitrogens is 2. The number of rotatable bonds is 6. The zero-order valence-corrected chi connectivity index (χ0v) is 14.0. The fourth-order valence-corrected chi connectivity index (χ4v) is 2.82. The summed E-state index contributed by atoms with van der Waals surface area (Å²) in [5, 5.41) is 3.46. The molecule has 1 N–H and O–H groups in total. The van der Waals surface area contributed by atoms with Gasteiger partial charge in [-0.15, -0.1) is 0 Å². The zero-order valence-electron chi connectivity index (χ0n) is 14.0. The molecule has 122 valence electrons. The summed E-state index contributed by atoms with van der Waals surface area (Å²) >= 11 is 0.